The molecular formula is C20H14N4O2. The van der Waals surface area contributed by atoms with E-state index in [1.165, 1.54) is 0 Å². The molecule has 3 heterocycles. The first-order valence-corrected chi connectivity index (χ1v) is 8.20. The SMILES string of the molecule is Cc1noc(-c2ccc3c(-c4ccc5ccccc5n4)c(O)[nH]c3c2)n1. The minimum atomic E-state index is 0.0849. The molecule has 0 unspecified atom stereocenters. The van der Waals surface area contributed by atoms with Gasteiger partial charge in [-0.3, -0.25) is 0 Å². The van der Waals surface area contributed by atoms with Crippen LogP contribution in [-0.4, -0.2) is 25.2 Å². The average Bonchev–Trinajstić information content (AvgIpc) is 3.23. The third kappa shape index (κ3) is 2.23. The second-order valence-electron chi connectivity index (χ2n) is 6.14. The molecular weight excluding hydrogens is 328 g/mol. The van der Waals surface area contributed by atoms with Crippen molar-refractivity contribution in [2.24, 2.45) is 0 Å². The van der Waals surface area contributed by atoms with Gasteiger partial charge in [0.1, 0.15) is 0 Å². The van der Waals surface area contributed by atoms with Crippen molar-refractivity contribution in [1.82, 2.24) is 20.1 Å². The van der Waals surface area contributed by atoms with Crippen LogP contribution in [0.4, 0.5) is 0 Å². The summed E-state index contributed by atoms with van der Waals surface area (Å²) in [6.45, 7) is 1.77. The Balaban J connectivity index is 1.68. The number of fused-ring (bicyclic) bond motifs is 2. The van der Waals surface area contributed by atoms with Crippen LogP contribution in [0.2, 0.25) is 0 Å². The van der Waals surface area contributed by atoms with Crippen molar-refractivity contribution in [1.29, 1.82) is 0 Å². The molecule has 6 nitrogen and oxygen atoms in total. The van der Waals surface area contributed by atoms with E-state index in [2.05, 4.69) is 15.1 Å². The van der Waals surface area contributed by atoms with Crippen LogP contribution in [-0.2, 0) is 0 Å². The molecule has 3 aromatic heterocycles. The number of hydrogen-bond donors (Lipinski definition) is 2. The molecule has 0 aliphatic rings. The van der Waals surface area contributed by atoms with Crippen LogP contribution in [0.3, 0.4) is 0 Å². The van der Waals surface area contributed by atoms with Gasteiger partial charge in [0.2, 0.25) is 0 Å². The van der Waals surface area contributed by atoms with Crippen molar-refractivity contribution < 1.29 is 9.63 Å². The lowest BCUT2D eigenvalue weighted by Crippen LogP contribution is -1.85. The molecule has 5 aromatic rings. The maximum absolute atomic E-state index is 10.5. The Morgan fingerprint density at radius 2 is 1.88 bits per heavy atom. The van der Waals surface area contributed by atoms with Crippen LogP contribution < -0.4 is 0 Å². The van der Waals surface area contributed by atoms with Crippen LogP contribution in [0, 0.1) is 6.92 Å². The summed E-state index contributed by atoms with van der Waals surface area (Å²) < 4.78 is 5.22. The maximum Gasteiger partial charge on any atom is 0.257 e. The van der Waals surface area contributed by atoms with Crippen LogP contribution in [0.25, 0.3) is 44.5 Å². The summed E-state index contributed by atoms with van der Waals surface area (Å²) in [5, 5.41) is 16.2. The number of nitrogens with one attached hydrogen (secondary N) is 1. The van der Waals surface area contributed by atoms with Gasteiger partial charge < -0.3 is 14.6 Å². The highest BCUT2D eigenvalue weighted by molar-refractivity contribution is 6.00. The number of aromatic nitrogens is 4. The lowest BCUT2D eigenvalue weighted by atomic mass is 10.1. The normalized spacial score (nSPS) is 11.4. The second-order valence-corrected chi connectivity index (χ2v) is 6.14. The zero-order chi connectivity index (χ0) is 17.7. The number of para-hydroxylation sites is 1. The molecule has 0 aliphatic heterocycles. The molecule has 0 fully saturated rings. The van der Waals surface area contributed by atoms with E-state index in [0.29, 0.717) is 23.0 Å². The third-order valence-corrected chi connectivity index (χ3v) is 4.41. The van der Waals surface area contributed by atoms with Crippen LogP contribution >= 0.6 is 0 Å². The minimum Gasteiger partial charge on any atom is -0.494 e. The van der Waals surface area contributed by atoms with E-state index in [1.54, 1.807) is 6.92 Å². The van der Waals surface area contributed by atoms with Gasteiger partial charge in [0.15, 0.2) is 11.7 Å². The van der Waals surface area contributed by atoms with Crippen LogP contribution in [0.1, 0.15) is 5.82 Å². The number of nitrogens with zero attached hydrogens (tertiary/aromatic N) is 3. The van der Waals surface area contributed by atoms with Gasteiger partial charge >= 0.3 is 0 Å². The zero-order valence-electron chi connectivity index (χ0n) is 13.9. The van der Waals surface area contributed by atoms with Crippen LogP contribution in [0.5, 0.6) is 5.88 Å². The number of hydrogen-bond acceptors (Lipinski definition) is 5. The highest BCUT2D eigenvalue weighted by Crippen LogP contribution is 2.37. The van der Waals surface area contributed by atoms with Crippen molar-refractivity contribution in [2.75, 3.05) is 0 Å². The van der Waals surface area contributed by atoms with Gasteiger partial charge in [-0.1, -0.05) is 35.5 Å². The molecule has 0 atom stereocenters. The van der Waals surface area contributed by atoms with E-state index in [4.69, 9.17) is 9.51 Å². The second kappa shape index (κ2) is 5.42. The summed E-state index contributed by atoms with van der Waals surface area (Å²) in [7, 11) is 0. The lowest BCUT2D eigenvalue weighted by Gasteiger charge is -2.03. The molecule has 2 aromatic carbocycles. The van der Waals surface area contributed by atoms with Crippen molar-refractivity contribution in [3.05, 3.63) is 60.4 Å². The van der Waals surface area contributed by atoms with Crippen molar-refractivity contribution in [3.8, 4) is 28.6 Å². The first kappa shape index (κ1) is 14.7. The smallest absolute Gasteiger partial charge is 0.257 e. The number of aromatic hydroxyl groups is 1. The molecule has 2 N–H and O–H groups in total. The summed E-state index contributed by atoms with van der Waals surface area (Å²) in [6, 6.07) is 17.5. The summed E-state index contributed by atoms with van der Waals surface area (Å²) in [6.07, 6.45) is 0. The third-order valence-electron chi connectivity index (χ3n) is 4.41. The number of benzene rings is 2. The van der Waals surface area contributed by atoms with Gasteiger partial charge in [0.05, 0.1) is 16.8 Å². The number of pyridine rings is 1. The lowest BCUT2D eigenvalue weighted by molar-refractivity contribution is 0.425. The fourth-order valence-corrected chi connectivity index (χ4v) is 3.20. The standard InChI is InChI=1S/C20H14N4O2/c1-11-21-20(26-24-11)13-6-8-14-17(10-13)23-19(25)18(14)16-9-7-12-4-2-3-5-15(12)22-16/h2-10,23,25H,1H3. The Morgan fingerprint density at radius 3 is 2.73 bits per heavy atom. The molecule has 5 rings (SSSR count). The van der Waals surface area contributed by atoms with Gasteiger partial charge in [-0.05, 0) is 31.2 Å². The van der Waals surface area contributed by atoms with E-state index in [1.807, 2.05) is 54.6 Å². The molecule has 0 amide bonds. The average molecular weight is 342 g/mol. The molecule has 0 bridgehead atoms. The van der Waals surface area contributed by atoms with Gasteiger partial charge in [-0.25, -0.2) is 4.98 Å². The Hall–Kier alpha value is -3.67. The number of aromatic amines is 1. The summed E-state index contributed by atoms with van der Waals surface area (Å²) in [5.41, 5.74) is 3.85. The molecule has 0 radical (unpaired) electrons. The predicted octanol–water partition coefficient (Wildman–Crippen LogP) is 4.45. The fraction of sp³-hybridized carbons (Fsp3) is 0.0500. The molecule has 0 aliphatic carbocycles. The first-order chi connectivity index (χ1) is 12.7. The zero-order valence-corrected chi connectivity index (χ0v) is 13.9. The van der Waals surface area contributed by atoms with E-state index in [9.17, 15) is 5.11 Å². The van der Waals surface area contributed by atoms with Crippen LogP contribution in [0.15, 0.2) is 59.1 Å². The van der Waals surface area contributed by atoms with E-state index in [-0.39, 0.29) is 5.88 Å². The Bertz CT molecular complexity index is 1270. The summed E-state index contributed by atoms with van der Waals surface area (Å²) >= 11 is 0. The monoisotopic (exact) mass is 342 g/mol. The quantitative estimate of drug-likeness (QED) is 0.495. The molecule has 0 saturated carbocycles. The van der Waals surface area contributed by atoms with Crippen molar-refractivity contribution >= 4 is 21.8 Å². The first-order valence-electron chi connectivity index (χ1n) is 8.20. The molecule has 0 saturated heterocycles. The highest BCUT2D eigenvalue weighted by atomic mass is 16.5. The van der Waals surface area contributed by atoms with Gasteiger partial charge in [0.25, 0.3) is 5.89 Å². The highest BCUT2D eigenvalue weighted by Gasteiger charge is 2.16. The van der Waals surface area contributed by atoms with E-state index in [0.717, 1.165) is 27.4 Å². The number of rotatable bonds is 2. The van der Waals surface area contributed by atoms with Crippen molar-refractivity contribution in [3.63, 3.8) is 0 Å². The van der Waals surface area contributed by atoms with E-state index < -0.39 is 0 Å². The number of H-pyrrole nitrogens is 1. The van der Waals surface area contributed by atoms with Gasteiger partial charge in [0, 0.05) is 21.9 Å². The number of aryl methyl sites for hydroxylation is 1. The Labute approximate surface area is 148 Å². The molecule has 26 heavy (non-hydrogen) atoms. The predicted molar refractivity (Wildman–Crippen MR) is 98.7 cm³/mol. The van der Waals surface area contributed by atoms with Gasteiger partial charge in [-0.2, -0.15) is 4.98 Å². The topological polar surface area (TPSA) is 87.8 Å². The van der Waals surface area contributed by atoms with Crippen molar-refractivity contribution in [2.45, 2.75) is 6.92 Å². The van der Waals surface area contributed by atoms with Gasteiger partial charge in [-0.15, -0.1) is 0 Å². The molecule has 6 heteroatoms. The largest absolute Gasteiger partial charge is 0.494 e. The fourth-order valence-electron chi connectivity index (χ4n) is 3.20. The molecule has 0 spiro atoms. The summed E-state index contributed by atoms with van der Waals surface area (Å²) in [4.78, 5) is 12.0. The summed E-state index contributed by atoms with van der Waals surface area (Å²) in [5.74, 6) is 1.11. The van der Waals surface area contributed by atoms with E-state index >= 15 is 0 Å². The Morgan fingerprint density at radius 1 is 1.00 bits per heavy atom. The molecule has 126 valence electrons. The Kier molecular flexibility index (Phi) is 3.05. The maximum atomic E-state index is 10.5. The minimum absolute atomic E-state index is 0.0849.